The Bertz CT molecular complexity index is 986. The average Bonchev–Trinajstić information content (AvgIpc) is 3.07. The summed E-state index contributed by atoms with van der Waals surface area (Å²) in [6.07, 6.45) is 0. The zero-order chi connectivity index (χ0) is 21.1. The van der Waals surface area contributed by atoms with Gasteiger partial charge in [0.25, 0.3) is 11.6 Å². The molecule has 2 heterocycles. The van der Waals surface area contributed by atoms with Crippen molar-refractivity contribution >= 4 is 34.9 Å². The summed E-state index contributed by atoms with van der Waals surface area (Å²) in [5.41, 5.74) is -0.116. The zero-order valence-electron chi connectivity index (χ0n) is 15.6. The Morgan fingerprint density at radius 3 is 2.79 bits per heavy atom. The lowest BCUT2D eigenvalue weighted by Gasteiger charge is -2.30. The number of aryl methyl sites for hydroxylation is 1. The number of benzene rings is 1. The van der Waals surface area contributed by atoms with Gasteiger partial charge in [-0.3, -0.25) is 29.4 Å². The summed E-state index contributed by atoms with van der Waals surface area (Å²) in [6.45, 7) is 0.682. The van der Waals surface area contributed by atoms with Gasteiger partial charge in [-0.1, -0.05) is 5.16 Å². The lowest BCUT2D eigenvalue weighted by Crippen LogP contribution is -2.47. The van der Waals surface area contributed by atoms with Crippen molar-refractivity contribution in [3.05, 3.63) is 40.1 Å². The van der Waals surface area contributed by atoms with Gasteiger partial charge in [-0.05, 0) is 13.0 Å². The number of ether oxygens (including phenoxy) is 1. The third-order valence-electron chi connectivity index (χ3n) is 4.09. The monoisotopic (exact) mass is 403 g/mol. The van der Waals surface area contributed by atoms with Crippen molar-refractivity contribution in [3.8, 4) is 5.75 Å². The van der Waals surface area contributed by atoms with Crippen molar-refractivity contribution in [1.82, 2.24) is 10.1 Å². The van der Waals surface area contributed by atoms with E-state index in [9.17, 15) is 24.5 Å². The van der Waals surface area contributed by atoms with Gasteiger partial charge in [0.2, 0.25) is 11.8 Å². The second-order valence-corrected chi connectivity index (χ2v) is 6.30. The van der Waals surface area contributed by atoms with Crippen LogP contribution in [0.1, 0.15) is 5.76 Å². The molecule has 12 heteroatoms. The van der Waals surface area contributed by atoms with Gasteiger partial charge in [0.1, 0.15) is 18.1 Å². The summed E-state index contributed by atoms with van der Waals surface area (Å²) >= 11 is 0. The lowest BCUT2D eigenvalue weighted by molar-refractivity contribution is -0.384. The number of fused-ring (bicyclic) bond motifs is 1. The highest BCUT2D eigenvalue weighted by Crippen LogP contribution is 2.35. The van der Waals surface area contributed by atoms with Crippen LogP contribution in [-0.4, -0.2) is 59.4 Å². The third kappa shape index (κ3) is 4.48. The highest BCUT2D eigenvalue weighted by Gasteiger charge is 2.30. The van der Waals surface area contributed by atoms with Crippen LogP contribution in [0.15, 0.2) is 28.8 Å². The van der Waals surface area contributed by atoms with Crippen molar-refractivity contribution in [2.75, 3.05) is 37.0 Å². The van der Waals surface area contributed by atoms with Crippen molar-refractivity contribution in [1.29, 1.82) is 0 Å². The second-order valence-electron chi connectivity index (χ2n) is 6.30. The SMILES string of the molecule is Cc1cc(NC(=O)CN(C)C(=O)CN2C(=O)COc3ccc([N+](=O)[O-])cc32)no1. The molecule has 1 N–H and O–H groups in total. The Kier molecular flexibility index (Phi) is 5.43. The Morgan fingerprint density at radius 1 is 1.38 bits per heavy atom. The predicted octanol–water partition coefficient (Wildman–Crippen LogP) is 0.714. The highest BCUT2D eigenvalue weighted by molar-refractivity contribution is 6.03. The van der Waals surface area contributed by atoms with Gasteiger partial charge in [0.15, 0.2) is 12.4 Å². The van der Waals surface area contributed by atoms with Crippen LogP contribution < -0.4 is 15.0 Å². The van der Waals surface area contributed by atoms with Crippen molar-refractivity contribution in [2.45, 2.75) is 6.92 Å². The maximum atomic E-state index is 12.5. The van der Waals surface area contributed by atoms with E-state index >= 15 is 0 Å². The number of likely N-dealkylation sites (N-methyl/N-ethyl adjacent to an activating group) is 1. The van der Waals surface area contributed by atoms with Crippen molar-refractivity contribution in [2.24, 2.45) is 0 Å². The quantitative estimate of drug-likeness (QED) is 0.548. The summed E-state index contributed by atoms with van der Waals surface area (Å²) in [6, 6.07) is 5.31. The van der Waals surface area contributed by atoms with Crippen LogP contribution in [-0.2, 0) is 14.4 Å². The second kappa shape index (κ2) is 7.96. The van der Waals surface area contributed by atoms with Crippen LogP contribution >= 0.6 is 0 Å². The van der Waals surface area contributed by atoms with E-state index in [-0.39, 0.29) is 36.1 Å². The largest absolute Gasteiger partial charge is 0.482 e. The van der Waals surface area contributed by atoms with Gasteiger partial charge in [0, 0.05) is 25.2 Å². The minimum atomic E-state index is -0.610. The fourth-order valence-corrected chi connectivity index (χ4v) is 2.64. The number of non-ortho nitro benzene ring substituents is 1. The number of hydrogen-bond donors (Lipinski definition) is 1. The van der Waals surface area contributed by atoms with Crippen LogP contribution in [0.4, 0.5) is 17.2 Å². The summed E-state index contributed by atoms with van der Waals surface area (Å²) in [5.74, 6) is -0.573. The van der Waals surface area contributed by atoms with E-state index in [0.717, 1.165) is 9.80 Å². The van der Waals surface area contributed by atoms with Gasteiger partial charge >= 0.3 is 0 Å². The number of nitrogens with zero attached hydrogens (tertiary/aromatic N) is 4. The first kappa shape index (κ1) is 19.8. The van der Waals surface area contributed by atoms with E-state index in [2.05, 4.69) is 10.5 Å². The van der Waals surface area contributed by atoms with Gasteiger partial charge < -0.3 is 19.5 Å². The Hall–Kier alpha value is -3.96. The number of anilines is 2. The molecule has 0 spiro atoms. The molecule has 3 amide bonds. The highest BCUT2D eigenvalue weighted by atomic mass is 16.6. The normalized spacial score (nSPS) is 12.8. The van der Waals surface area contributed by atoms with Gasteiger partial charge in [-0.2, -0.15) is 0 Å². The van der Waals surface area contributed by atoms with Gasteiger partial charge in [-0.15, -0.1) is 0 Å². The molecule has 3 rings (SSSR count). The number of aromatic nitrogens is 1. The van der Waals surface area contributed by atoms with Crippen LogP contribution in [0.3, 0.4) is 0 Å². The first-order valence-electron chi connectivity index (χ1n) is 8.43. The molecule has 0 radical (unpaired) electrons. The molecule has 0 unspecified atom stereocenters. The molecule has 152 valence electrons. The first-order valence-corrected chi connectivity index (χ1v) is 8.43. The third-order valence-corrected chi connectivity index (χ3v) is 4.09. The van der Waals surface area contributed by atoms with E-state index in [1.165, 1.54) is 31.3 Å². The topological polar surface area (TPSA) is 148 Å². The molecule has 0 saturated carbocycles. The number of rotatable bonds is 6. The molecular weight excluding hydrogens is 386 g/mol. The van der Waals surface area contributed by atoms with Gasteiger partial charge in [-0.25, -0.2) is 0 Å². The number of nitro groups is 1. The lowest BCUT2D eigenvalue weighted by atomic mass is 10.2. The number of nitro benzene ring substituents is 1. The van der Waals surface area contributed by atoms with E-state index in [1.54, 1.807) is 6.92 Å². The predicted molar refractivity (Wildman–Crippen MR) is 98.5 cm³/mol. The molecule has 0 bridgehead atoms. The zero-order valence-corrected chi connectivity index (χ0v) is 15.6. The molecule has 1 aliphatic heterocycles. The Labute approximate surface area is 164 Å². The number of carbonyl (C=O) groups excluding carboxylic acids is 3. The molecule has 1 aliphatic rings. The maximum absolute atomic E-state index is 12.5. The molecule has 12 nitrogen and oxygen atoms in total. The average molecular weight is 403 g/mol. The molecule has 0 aliphatic carbocycles. The van der Waals surface area contributed by atoms with E-state index < -0.39 is 29.2 Å². The Balaban J connectivity index is 1.68. The molecule has 2 aromatic rings. The molecule has 29 heavy (non-hydrogen) atoms. The number of carbonyl (C=O) groups is 3. The Morgan fingerprint density at radius 2 is 2.14 bits per heavy atom. The fourth-order valence-electron chi connectivity index (χ4n) is 2.64. The van der Waals surface area contributed by atoms with Crippen LogP contribution in [0.2, 0.25) is 0 Å². The van der Waals surface area contributed by atoms with E-state index in [1.807, 2.05) is 0 Å². The molecule has 0 saturated heterocycles. The molecule has 1 aromatic heterocycles. The summed E-state index contributed by atoms with van der Waals surface area (Å²) in [7, 11) is 1.40. The van der Waals surface area contributed by atoms with E-state index in [4.69, 9.17) is 9.26 Å². The number of hydrogen-bond acceptors (Lipinski definition) is 8. The molecule has 0 fully saturated rings. The maximum Gasteiger partial charge on any atom is 0.271 e. The van der Waals surface area contributed by atoms with Crippen LogP contribution in [0, 0.1) is 17.0 Å². The summed E-state index contributed by atoms with van der Waals surface area (Å²) < 4.78 is 10.1. The minimum Gasteiger partial charge on any atom is -0.482 e. The number of nitrogens with one attached hydrogen (secondary N) is 1. The van der Waals surface area contributed by atoms with Crippen molar-refractivity contribution < 1.29 is 28.6 Å². The van der Waals surface area contributed by atoms with Crippen LogP contribution in [0.5, 0.6) is 5.75 Å². The summed E-state index contributed by atoms with van der Waals surface area (Å²) in [5, 5.41) is 17.1. The molecular formula is C17H17N5O7. The number of amides is 3. The molecule has 1 aromatic carbocycles. The van der Waals surface area contributed by atoms with Crippen LogP contribution in [0.25, 0.3) is 0 Å². The fraction of sp³-hybridized carbons (Fsp3) is 0.294. The summed E-state index contributed by atoms with van der Waals surface area (Å²) in [4.78, 5) is 49.4. The van der Waals surface area contributed by atoms with Gasteiger partial charge in [0.05, 0.1) is 17.2 Å². The molecule has 0 atom stereocenters. The standard InChI is InChI=1S/C17H17N5O7/c1-10-5-14(19-29-10)18-15(23)7-20(2)16(24)8-21-12-6-11(22(26)27)3-4-13(12)28-9-17(21)25/h3-6H,7-9H2,1-2H3,(H,18,19,23). The smallest absolute Gasteiger partial charge is 0.271 e. The van der Waals surface area contributed by atoms with Crippen molar-refractivity contribution in [3.63, 3.8) is 0 Å². The minimum absolute atomic E-state index is 0.125. The first-order chi connectivity index (χ1) is 13.7. The van der Waals surface area contributed by atoms with E-state index in [0.29, 0.717) is 5.76 Å².